The van der Waals surface area contributed by atoms with Crippen molar-refractivity contribution < 1.29 is 24.5 Å². The molecule has 6 heteroatoms. The fraction of sp³-hybridized carbons (Fsp3) is 0.333. The molecule has 0 spiro atoms. The molecule has 1 unspecified atom stereocenters. The Kier molecular flexibility index (Phi) is 5.12. The van der Waals surface area contributed by atoms with Crippen LogP contribution in [0.25, 0.3) is 0 Å². The first-order valence-electron chi connectivity index (χ1n) is 5.18. The Morgan fingerprint density at radius 3 is 2.56 bits per heavy atom. The lowest BCUT2D eigenvalue weighted by atomic mass is 10.0. The van der Waals surface area contributed by atoms with Crippen molar-refractivity contribution in [3.05, 3.63) is 29.3 Å². The predicted molar refractivity (Wildman–Crippen MR) is 65.3 cm³/mol. The second-order valence-corrected chi connectivity index (χ2v) is 3.98. The summed E-state index contributed by atoms with van der Waals surface area (Å²) in [5.41, 5.74) is 0.366. The van der Waals surface area contributed by atoms with E-state index in [1.807, 2.05) is 0 Å². The first-order valence-corrected chi connectivity index (χ1v) is 5.72. The maximum atomic E-state index is 11.7. The number of methoxy groups -OCH3 is 1. The Morgan fingerprint density at radius 2 is 2.06 bits per heavy atom. The molecule has 0 radical (unpaired) electrons. The average Bonchev–Trinajstić information content (AvgIpc) is 2.37. The fourth-order valence-electron chi connectivity index (χ4n) is 1.43. The van der Waals surface area contributed by atoms with Gasteiger partial charge in [-0.3, -0.25) is 4.79 Å². The minimum Gasteiger partial charge on any atom is -0.497 e. The molecule has 18 heavy (non-hydrogen) atoms. The van der Waals surface area contributed by atoms with Crippen molar-refractivity contribution in [1.29, 1.82) is 0 Å². The highest BCUT2D eigenvalue weighted by atomic mass is 35.5. The van der Waals surface area contributed by atoms with E-state index in [0.717, 1.165) is 0 Å². The summed E-state index contributed by atoms with van der Waals surface area (Å²) in [5, 5.41) is 18.2. The summed E-state index contributed by atoms with van der Waals surface area (Å²) < 4.78 is 4.96. The SMILES string of the molecule is COc1cc(C(=O)CCCl)cc(C(O)C(=O)O)c1. The van der Waals surface area contributed by atoms with Gasteiger partial charge in [0.15, 0.2) is 11.9 Å². The quantitative estimate of drug-likeness (QED) is 0.607. The molecule has 0 fully saturated rings. The van der Waals surface area contributed by atoms with E-state index in [1.165, 1.54) is 25.3 Å². The van der Waals surface area contributed by atoms with Crippen molar-refractivity contribution >= 4 is 23.4 Å². The number of ether oxygens (including phenoxy) is 1. The zero-order valence-corrected chi connectivity index (χ0v) is 10.5. The van der Waals surface area contributed by atoms with Gasteiger partial charge in [-0.2, -0.15) is 0 Å². The van der Waals surface area contributed by atoms with Crippen LogP contribution >= 0.6 is 11.6 Å². The van der Waals surface area contributed by atoms with Gasteiger partial charge in [0.05, 0.1) is 7.11 Å². The molecule has 2 N–H and O–H groups in total. The van der Waals surface area contributed by atoms with Gasteiger partial charge in [-0.25, -0.2) is 4.79 Å². The lowest BCUT2D eigenvalue weighted by Crippen LogP contribution is -2.12. The number of hydrogen-bond acceptors (Lipinski definition) is 4. The van der Waals surface area contributed by atoms with Crippen molar-refractivity contribution in [1.82, 2.24) is 0 Å². The van der Waals surface area contributed by atoms with Gasteiger partial charge in [0.25, 0.3) is 0 Å². The molecule has 1 aromatic carbocycles. The number of halogens is 1. The van der Waals surface area contributed by atoms with E-state index >= 15 is 0 Å². The van der Waals surface area contributed by atoms with Crippen LogP contribution in [-0.2, 0) is 4.79 Å². The third kappa shape index (κ3) is 3.45. The Bertz CT molecular complexity index is 458. The van der Waals surface area contributed by atoms with Crippen LogP contribution in [-0.4, -0.2) is 35.0 Å². The van der Waals surface area contributed by atoms with Crippen LogP contribution in [0.1, 0.15) is 28.4 Å². The van der Waals surface area contributed by atoms with E-state index in [1.54, 1.807) is 0 Å². The summed E-state index contributed by atoms with van der Waals surface area (Å²) in [5.74, 6) is -1.14. The molecule has 0 saturated carbocycles. The van der Waals surface area contributed by atoms with Crippen LogP contribution in [0.3, 0.4) is 0 Å². The molecule has 0 aliphatic rings. The van der Waals surface area contributed by atoms with Gasteiger partial charge in [-0.05, 0) is 23.8 Å². The number of aliphatic hydroxyl groups is 1. The summed E-state index contributed by atoms with van der Waals surface area (Å²) in [6, 6.07) is 4.18. The number of ketones is 1. The van der Waals surface area contributed by atoms with Gasteiger partial charge in [-0.1, -0.05) is 0 Å². The van der Waals surface area contributed by atoms with E-state index in [-0.39, 0.29) is 29.2 Å². The molecule has 0 heterocycles. The number of hydrogen-bond donors (Lipinski definition) is 2. The number of carbonyl (C=O) groups is 2. The Labute approximate surface area is 109 Å². The highest BCUT2D eigenvalue weighted by Gasteiger charge is 2.19. The minimum atomic E-state index is -1.69. The number of rotatable bonds is 6. The molecular formula is C12H13ClO5. The van der Waals surface area contributed by atoms with Crippen molar-refractivity contribution in [3.63, 3.8) is 0 Å². The number of aliphatic carboxylic acids is 1. The number of alkyl halides is 1. The number of carbonyl (C=O) groups excluding carboxylic acids is 1. The second kappa shape index (κ2) is 6.37. The zero-order chi connectivity index (χ0) is 13.7. The van der Waals surface area contributed by atoms with Crippen LogP contribution in [0, 0.1) is 0 Å². The van der Waals surface area contributed by atoms with Gasteiger partial charge in [0, 0.05) is 17.9 Å². The summed E-state index contributed by atoms with van der Waals surface area (Å²) in [6.07, 6.45) is -1.56. The highest BCUT2D eigenvalue weighted by Crippen LogP contribution is 2.23. The summed E-state index contributed by atoms with van der Waals surface area (Å²) >= 11 is 5.48. The third-order valence-electron chi connectivity index (χ3n) is 2.36. The summed E-state index contributed by atoms with van der Waals surface area (Å²) in [7, 11) is 1.39. The largest absolute Gasteiger partial charge is 0.497 e. The van der Waals surface area contributed by atoms with Crippen LogP contribution < -0.4 is 4.74 Å². The van der Waals surface area contributed by atoms with Gasteiger partial charge < -0.3 is 14.9 Å². The van der Waals surface area contributed by atoms with Crippen molar-refractivity contribution in [3.8, 4) is 5.75 Å². The molecule has 0 aromatic heterocycles. The number of Topliss-reactive ketones (excluding diaryl/α,β-unsaturated/α-hetero) is 1. The zero-order valence-electron chi connectivity index (χ0n) is 9.72. The van der Waals surface area contributed by atoms with Gasteiger partial charge >= 0.3 is 5.97 Å². The maximum absolute atomic E-state index is 11.7. The van der Waals surface area contributed by atoms with Crippen LogP contribution in [0.15, 0.2) is 18.2 Å². The monoisotopic (exact) mass is 272 g/mol. The molecule has 0 saturated heterocycles. The number of aliphatic hydroxyl groups excluding tert-OH is 1. The Morgan fingerprint density at radius 1 is 1.39 bits per heavy atom. The van der Waals surface area contributed by atoms with Gasteiger partial charge in [-0.15, -0.1) is 11.6 Å². The number of carboxylic acid groups (broad SMARTS) is 1. The van der Waals surface area contributed by atoms with Crippen molar-refractivity contribution in [2.45, 2.75) is 12.5 Å². The normalized spacial score (nSPS) is 11.9. The average molecular weight is 273 g/mol. The standard InChI is InChI=1S/C12H13ClO5/c1-18-9-5-7(10(14)2-3-13)4-8(6-9)11(15)12(16)17/h4-6,11,15H,2-3H2,1H3,(H,16,17). The third-order valence-corrected chi connectivity index (χ3v) is 2.55. The Balaban J connectivity index is 3.16. The van der Waals surface area contributed by atoms with E-state index in [0.29, 0.717) is 5.75 Å². The van der Waals surface area contributed by atoms with E-state index < -0.39 is 12.1 Å². The molecule has 1 atom stereocenters. The van der Waals surface area contributed by atoms with Crippen LogP contribution in [0.2, 0.25) is 0 Å². The van der Waals surface area contributed by atoms with E-state index in [2.05, 4.69) is 0 Å². The van der Waals surface area contributed by atoms with Crippen molar-refractivity contribution in [2.75, 3.05) is 13.0 Å². The first kappa shape index (κ1) is 14.5. The van der Waals surface area contributed by atoms with E-state index in [4.69, 9.17) is 21.4 Å². The topological polar surface area (TPSA) is 83.8 Å². The second-order valence-electron chi connectivity index (χ2n) is 3.60. The van der Waals surface area contributed by atoms with Gasteiger partial charge in [0.2, 0.25) is 0 Å². The van der Waals surface area contributed by atoms with Gasteiger partial charge in [0.1, 0.15) is 5.75 Å². The molecule has 0 aliphatic carbocycles. The van der Waals surface area contributed by atoms with E-state index in [9.17, 15) is 14.7 Å². The molecule has 0 aliphatic heterocycles. The number of carboxylic acids is 1. The predicted octanol–water partition coefficient (Wildman–Crippen LogP) is 1.62. The smallest absolute Gasteiger partial charge is 0.337 e. The molecule has 1 rings (SSSR count). The minimum absolute atomic E-state index is 0.0970. The molecule has 0 bridgehead atoms. The highest BCUT2D eigenvalue weighted by molar-refractivity contribution is 6.19. The summed E-state index contributed by atoms with van der Waals surface area (Å²) in [4.78, 5) is 22.4. The summed E-state index contributed by atoms with van der Waals surface area (Å²) in [6.45, 7) is 0. The molecule has 98 valence electrons. The lowest BCUT2D eigenvalue weighted by molar-refractivity contribution is -0.146. The first-order chi connectivity index (χ1) is 8.49. The Hall–Kier alpha value is -1.59. The molecular weight excluding hydrogens is 260 g/mol. The fourth-order valence-corrected chi connectivity index (χ4v) is 1.60. The molecule has 1 aromatic rings. The van der Waals surface area contributed by atoms with Crippen molar-refractivity contribution in [2.24, 2.45) is 0 Å². The number of benzene rings is 1. The lowest BCUT2D eigenvalue weighted by Gasteiger charge is -2.10. The maximum Gasteiger partial charge on any atom is 0.337 e. The van der Waals surface area contributed by atoms with Crippen LogP contribution in [0.4, 0.5) is 0 Å². The van der Waals surface area contributed by atoms with Crippen LogP contribution in [0.5, 0.6) is 5.75 Å². The molecule has 5 nitrogen and oxygen atoms in total. The molecule has 0 amide bonds.